The monoisotopic (exact) mass is 393 g/mol. The number of rotatable bonds is 9. The Morgan fingerprint density at radius 2 is 1.86 bits per heavy atom. The van der Waals surface area contributed by atoms with Gasteiger partial charge in [0.2, 0.25) is 0 Å². The number of amides is 1. The molecule has 0 aliphatic heterocycles. The van der Waals surface area contributed by atoms with E-state index in [4.69, 9.17) is 16.2 Å². The summed E-state index contributed by atoms with van der Waals surface area (Å²) in [6.45, 7) is 0.474. The summed E-state index contributed by atoms with van der Waals surface area (Å²) < 4.78 is 0. The number of carbonyl (C=O) groups excluding carboxylic acids is 1. The molecule has 1 amide bonds. The minimum absolute atomic E-state index is 0.0399. The van der Waals surface area contributed by atoms with E-state index in [1.165, 1.54) is 12.4 Å². The zero-order valence-corrected chi connectivity index (χ0v) is 16.0. The average Bonchev–Trinajstić information content (AvgIpc) is 2.71. The number of carboxylic acid groups (broad SMARTS) is 1. The molecule has 0 fully saturated rings. The molecule has 2 aromatic carbocycles. The highest BCUT2D eigenvalue weighted by molar-refractivity contribution is 6.17. The maximum absolute atomic E-state index is 12.1. The molecule has 0 unspecified atom stereocenters. The quantitative estimate of drug-likeness (QED) is 0.329. The molecule has 0 heterocycles. The van der Waals surface area contributed by atoms with Gasteiger partial charge >= 0.3 is 5.97 Å². The van der Waals surface area contributed by atoms with E-state index in [2.05, 4.69) is 15.6 Å². The van der Waals surface area contributed by atoms with Crippen molar-refractivity contribution in [1.29, 1.82) is 5.41 Å². The smallest absolute Gasteiger partial charge is 0.309 e. The van der Waals surface area contributed by atoms with E-state index in [0.717, 1.165) is 5.56 Å². The average molecular weight is 393 g/mol. The van der Waals surface area contributed by atoms with E-state index in [1.807, 2.05) is 18.2 Å². The van der Waals surface area contributed by atoms with Crippen LogP contribution >= 0.6 is 0 Å². The zero-order chi connectivity index (χ0) is 21.2. The van der Waals surface area contributed by atoms with Gasteiger partial charge in [0, 0.05) is 42.9 Å². The number of nitrogens with zero attached hydrogens (tertiary/aromatic N) is 1. The summed E-state index contributed by atoms with van der Waals surface area (Å²) in [6, 6.07) is 14.4. The third kappa shape index (κ3) is 6.31. The van der Waals surface area contributed by atoms with Crippen LogP contribution in [-0.2, 0) is 16.1 Å². The Morgan fingerprint density at radius 3 is 2.48 bits per heavy atom. The fourth-order valence-corrected chi connectivity index (χ4v) is 2.57. The molecule has 0 spiro atoms. The molecule has 29 heavy (non-hydrogen) atoms. The van der Waals surface area contributed by atoms with Crippen LogP contribution in [0.2, 0.25) is 0 Å². The van der Waals surface area contributed by atoms with Gasteiger partial charge in [-0.1, -0.05) is 30.3 Å². The third-order valence-corrected chi connectivity index (χ3v) is 3.98. The van der Waals surface area contributed by atoms with Gasteiger partial charge in [-0.2, -0.15) is 0 Å². The Bertz CT molecular complexity index is 949. The molecule has 2 aromatic rings. The molecule has 0 saturated heterocycles. The van der Waals surface area contributed by atoms with Crippen molar-refractivity contribution in [3.8, 4) is 0 Å². The fraction of sp³-hybridized carbons (Fsp3) is 0.143. The van der Waals surface area contributed by atoms with Gasteiger partial charge in [0.15, 0.2) is 0 Å². The van der Waals surface area contributed by atoms with Crippen LogP contribution in [0.4, 0.5) is 11.4 Å². The number of carboxylic acids is 1. The van der Waals surface area contributed by atoms with Crippen molar-refractivity contribution in [2.75, 3.05) is 17.7 Å². The molecular weight excluding hydrogens is 370 g/mol. The van der Waals surface area contributed by atoms with E-state index < -0.39 is 5.97 Å². The summed E-state index contributed by atoms with van der Waals surface area (Å²) >= 11 is 0. The summed E-state index contributed by atoms with van der Waals surface area (Å²) in [5.41, 5.74) is 8.53. The first-order valence-electron chi connectivity index (χ1n) is 8.81. The normalized spacial score (nSPS) is 11.3. The largest absolute Gasteiger partial charge is 0.481 e. The van der Waals surface area contributed by atoms with Crippen LogP contribution in [0.3, 0.4) is 0 Å². The summed E-state index contributed by atoms with van der Waals surface area (Å²) in [5, 5.41) is 22.8. The number of aliphatic imine (C=N–C) groups is 1. The Hall–Kier alpha value is -3.94. The van der Waals surface area contributed by atoms with Gasteiger partial charge in [0.1, 0.15) is 0 Å². The first kappa shape index (κ1) is 21.4. The van der Waals surface area contributed by atoms with Gasteiger partial charge in [0.25, 0.3) is 5.91 Å². The van der Waals surface area contributed by atoms with Crippen molar-refractivity contribution >= 4 is 35.2 Å². The molecule has 150 valence electrons. The molecule has 8 heteroatoms. The van der Waals surface area contributed by atoms with Crippen LogP contribution in [0, 0.1) is 5.41 Å². The first-order chi connectivity index (χ1) is 13.9. The Labute approximate surface area is 168 Å². The van der Waals surface area contributed by atoms with Crippen molar-refractivity contribution in [2.24, 2.45) is 10.7 Å². The number of nitrogens with one attached hydrogen (secondary N) is 3. The number of hydrogen-bond acceptors (Lipinski definition) is 6. The Morgan fingerprint density at radius 1 is 1.17 bits per heavy atom. The molecule has 0 saturated carbocycles. The van der Waals surface area contributed by atoms with Gasteiger partial charge in [-0.15, -0.1) is 0 Å². The third-order valence-electron chi connectivity index (χ3n) is 3.98. The number of carbonyl (C=O) groups is 2. The molecule has 6 N–H and O–H groups in total. The molecule has 0 aromatic heterocycles. The second-order valence-electron chi connectivity index (χ2n) is 6.11. The number of hydrogen-bond donors (Lipinski definition) is 5. The van der Waals surface area contributed by atoms with Gasteiger partial charge in [0.05, 0.1) is 17.7 Å². The van der Waals surface area contributed by atoms with Crippen LogP contribution in [0.5, 0.6) is 0 Å². The number of nitrogens with two attached hydrogens (primary N) is 1. The molecule has 2 rings (SSSR count). The minimum atomic E-state index is -1.04. The second-order valence-corrected chi connectivity index (χ2v) is 6.11. The topological polar surface area (TPSA) is 141 Å². The van der Waals surface area contributed by atoms with Crippen LogP contribution < -0.4 is 16.4 Å². The van der Waals surface area contributed by atoms with E-state index in [1.54, 1.807) is 37.4 Å². The van der Waals surface area contributed by atoms with Crippen molar-refractivity contribution < 1.29 is 14.7 Å². The van der Waals surface area contributed by atoms with Gasteiger partial charge in [-0.05, 0) is 23.8 Å². The van der Waals surface area contributed by atoms with Crippen LogP contribution in [0.25, 0.3) is 0 Å². The minimum Gasteiger partial charge on any atom is -0.481 e. The summed E-state index contributed by atoms with van der Waals surface area (Å²) in [5.74, 6) is -1.39. The second kappa shape index (κ2) is 10.4. The predicted octanol–water partition coefficient (Wildman–Crippen LogP) is 2.62. The zero-order valence-electron chi connectivity index (χ0n) is 16.0. The highest BCUT2D eigenvalue weighted by atomic mass is 16.4. The lowest BCUT2D eigenvalue weighted by Crippen LogP contribution is -2.16. The molecule has 8 nitrogen and oxygen atoms in total. The lowest BCUT2D eigenvalue weighted by atomic mass is 10.0. The first-order valence-corrected chi connectivity index (χ1v) is 8.81. The molecule has 0 aliphatic rings. The predicted molar refractivity (Wildman–Crippen MR) is 115 cm³/mol. The Kier molecular flexibility index (Phi) is 7.67. The summed E-state index contributed by atoms with van der Waals surface area (Å²) in [7, 11) is 1.56. The number of aliphatic carboxylic acids is 1. The highest BCUT2D eigenvalue weighted by Crippen LogP contribution is 2.19. The van der Waals surface area contributed by atoms with Crippen LogP contribution in [0.1, 0.15) is 17.5 Å². The number of para-hydroxylation sites is 1. The SMILES string of the molecule is CN=CC(=CN)C(=O)Nc1ccc(CNc2ccccc2C(=N)CC(=O)O)cc1. The fourth-order valence-electron chi connectivity index (χ4n) is 2.57. The maximum atomic E-state index is 12.1. The summed E-state index contributed by atoms with van der Waals surface area (Å²) in [6.07, 6.45) is 2.24. The van der Waals surface area contributed by atoms with Crippen molar-refractivity contribution in [1.82, 2.24) is 0 Å². The number of benzene rings is 2. The molecule has 0 radical (unpaired) electrons. The van der Waals surface area contributed by atoms with Gasteiger partial charge < -0.3 is 26.9 Å². The van der Waals surface area contributed by atoms with Gasteiger partial charge in [-0.3, -0.25) is 14.6 Å². The van der Waals surface area contributed by atoms with Gasteiger partial charge in [-0.25, -0.2) is 0 Å². The summed E-state index contributed by atoms with van der Waals surface area (Å²) in [4.78, 5) is 26.7. The van der Waals surface area contributed by atoms with E-state index in [0.29, 0.717) is 23.5 Å². The standard InChI is InChI=1S/C21H23N5O3/c1-24-13-15(11-22)21(29)26-16-8-6-14(7-9-16)12-25-19-5-3-2-4-17(19)18(23)10-20(27)28/h2-9,11,13,23,25H,10,12,22H2,1H3,(H,26,29)(H,27,28). The number of anilines is 2. The maximum Gasteiger partial charge on any atom is 0.309 e. The van der Waals surface area contributed by atoms with Crippen LogP contribution in [0.15, 0.2) is 65.3 Å². The molecule has 0 aliphatic carbocycles. The highest BCUT2D eigenvalue weighted by Gasteiger charge is 2.11. The van der Waals surface area contributed by atoms with E-state index in [-0.39, 0.29) is 23.6 Å². The van der Waals surface area contributed by atoms with E-state index in [9.17, 15) is 9.59 Å². The van der Waals surface area contributed by atoms with Crippen molar-refractivity contribution in [3.05, 3.63) is 71.4 Å². The Balaban J connectivity index is 2.02. The lowest BCUT2D eigenvalue weighted by molar-refractivity contribution is -0.135. The van der Waals surface area contributed by atoms with Crippen LogP contribution in [-0.4, -0.2) is 36.0 Å². The molecular formula is C21H23N5O3. The van der Waals surface area contributed by atoms with Crippen molar-refractivity contribution in [3.63, 3.8) is 0 Å². The van der Waals surface area contributed by atoms with Crippen molar-refractivity contribution in [2.45, 2.75) is 13.0 Å². The lowest BCUT2D eigenvalue weighted by Gasteiger charge is -2.13. The van der Waals surface area contributed by atoms with E-state index >= 15 is 0 Å². The molecule has 0 atom stereocenters. The molecule has 0 bridgehead atoms.